The van der Waals surface area contributed by atoms with Crippen LogP contribution < -0.4 is 0 Å². The zero-order chi connectivity index (χ0) is 25.6. The molecule has 0 aliphatic carbocycles. The maximum absolute atomic E-state index is 13.5. The van der Waals surface area contributed by atoms with Crippen molar-refractivity contribution in [1.82, 2.24) is 10.0 Å². The molecular weight excluding hydrogens is 558 g/mol. The fourth-order valence-electron chi connectivity index (χ4n) is 3.50. The van der Waals surface area contributed by atoms with Crippen LogP contribution in [0.25, 0.3) is 0 Å². The van der Waals surface area contributed by atoms with Crippen molar-refractivity contribution in [2.75, 3.05) is 6.54 Å². The summed E-state index contributed by atoms with van der Waals surface area (Å²) in [5.41, 5.74) is 0.661. The molecule has 178 valence electrons. The van der Waals surface area contributed by atoms with Gasteiger partial charge in [-0.1, -0.05) is 87.8 Å². The molecule has 0 radical (unpaired) electrons. The van der Waals surface area contributed by atoms with Crippen molar-refractivity contribution in [3.05, 3.63) is 101 Å². The van der Waals surface area contributed by atoms with Gasteiger partial charge in [0, 0.05) is 16.1 Å². The Labute approximate surface area is 224 Å². The number of imide groups is 1. The molecule has 0 atom stereocenters. The average Bonchev–Trinajstić information content (AvgIpc) is 3.10. The van der Waals surface area contributed by atoms with Gasteiger partial charge in [-0.2, -0.15) is 5.01 Å². The number of carbonyl (C=O) groups excluding carboxylic acids is 4. The quantitative estimate of drug-likeness (QED) is 0.146. The maximum Gasteiger partial charge on any atom is 0.282 e. The van der Waals surface area contributed by atoms with Gasteiger partial charge in [0.25, 0.3) is 17.7 Å². The number of aryl methyl sites for hydroxylation is 1. The van der Waals surface area contributed by atoms with Crippen molar-refractivity contribution < 1.29 is 19.2 Å². The normalized spacial score (nSPS) is 12.7. The van der Waals surface area contributed by atoms with Crippen LogP contribution in [0.2, 0.25) is 25.1 Å². The van der Waals surface area contributed by atoms with E-state index in [2.05, 4.69) is 0 Å². The monoisotopic (exact) mass is 568 g/mol. The number of halogens is 5. The van der Waals surface area contributed by atoms with Gasteiger partial charge < -0.3 is 0 Å². The van der Waals surface area contributed by atoms with Crippen LogP contribution in [0.5, 0.6) is 0 Å². The second-order valence-electron chi connectivity index (χ2n) is 7.59. The fraction of sp³-hybridized carbons (Fsp3) is 0.0833. The number of benzene rings is 3. The summed E-state index contributed by atoms with van der Waals surface area (Å²) >= 11 is 30.5. The Hall–Kier alpha value is -2.61. The molecule has 35 heavy (non-hydrogen) atoms. The summed E-state index contributed by atoms with van der Waals surface area (Å²) in [5, 5.41) is 0.620. The topological polar surface area (TPSA) is 74.8 Å². The molecular formula is C24H13Cl5N2O4. The van der Waals surface area contributed by atoms with Gasteiger partial charge in [0.15, 0.2) is 5.78 Å². The van der Waals surface area contributed by atoms with E-state index in [4.69, 9.17) is 58.0 Å². The average molecular weight is 571 g/mol. The highest BCUT2D eigenvalue weighted by molar-refractivity contribution is 6.55. The van der Waals surface area contributed by atoms with Crippen LogP contribution in [0.3, 0.4) is 0 Å². The van der Waals surface area contributed by atoms with Gasteiger partial charge in [-0.3, -0.25) is 19.2 Å². The molecule has 0 aromatic heterocycles. The van der Waals surface area contributed by atoms with Crippen LogP contribution in [0.4, 0.5) is 0 Å². The van der Waals surface area contributed by atoms with Crippen LogP contribution in [-0.4, -0.2) is 40.1 Å². The van der Waals surface area contributed by atoms with Crippen LogP contribution in [0, 0.1) is 6.92 Å². The molecule has 1 heterocycles. The zero-order valence-corrected chi connectivity index (χ0v) is 21.5. The number of nitrogens with zero attached hydrogens (tertiary/aromatic N) is 2. The number of ketones is 1. The van der Waals surface area contributed by atoms with Crippen molar-refractivity contribution in [3.8, 4) is 0 Å². The van der Waals surface area contributed by atoms with Crippen LogP contribution in [-0.2, 0) is 0 Å². The van der Waals surface area contributed by atoms with E-state index in [9.17, 15) is 19.2 Å². The SMILES string of the molecule is Cc1ccc(C(=O)CN(C(=O)c2ccc(Cl)cc2)N2C(=O)c3c(Cl)c(Cl)c(Cl)c(Cl)c3C2=O)cc1. The summed E-state index contributed by atoms with van der Waals surface area (Å²) < 4.78 is 0. The molecule has 0 saturated heterocycles. The predicted molar refractivity (Wildman–Crippen MR) is 135 cm³/mol. The van der Waals surface area contributed by atoms with Gasteiger partial charge >= 0.3 is 0 Å². The Kier molecular flexibility index (Phi) is 7.13. The van der Waals surface area contributed by atoms with E-state index in [1.165, 1.54) is 24.3 Å². The third-order valence-electron chi connectivity index (χ3n) is 5.31. The van der Waals surface area contributed by atoms with Crippen molar-refractivity contribution in [2.24, 2.45) is 0 Å². The molecule has 0 saturated carbocycles. The molecule has 0 fully saturated rings. The van der Waals surface area contributed by atoms with E-state index < -0.39 is 30.0 Å². The first-order valence-corrected chi connectivity index (χ1v) is 11.8. The molecule has 3 amide bonds. The lowest BCUT2D eigenvalue weighted by atomic mass is 10.1. The number of Topliss-reactive ketones (excluding diaryl/α,β-unsaturated/α-hetero) is 1. The van der Waals surface area contributed by atoms with Crippen molar-refractivity contribution in [2.45, 2.75) is 6.92 Å². The van der Waals surface area contributed by atoms with Crippen LogP contribution in [0.15, 0.2) is 48.5 Å². The smallest absolute Gasteiger partial charge is 0.282 e. The Morgan fingerprint density at radius 1 is 0.714 bits per heavy atom. The summed E-state index contributed by atoms with van der Waals surface area (Å²) in [5.74, 6) is -3.28. The molecule has 0 unspecified atom stereocenters. The Morgan fingerprint density at radius 2 is 1.17 bits per heavy atom. The molecule has 1 aliphatic heterocycles. The lowest BCUT2D eigenvalue weighted by Gasteiger charge is -2.29. The molecule has 6 nitrogen and oxygen atoms in total. The second kappa shape index (κ2) is 9.80. The molecule has 4 rings (SSSR count). The first-order chi connectivity index (χ1) is 16.5. The largest absolute Gasteiger partial charge is 0.292 e. The number of amides is 3. The zero-order valence-electron chi connectivity index (χ0n) is 17.7. The summed E-state index contributed by atoms with van der Waals surface area (Å²) in [7, 11) is 0. The Morgan fingerprint density at radius 3 is 1.66 bits per heavy atom. The highest BCUT2D eigenvalue weighted by Gasteiger charge is 2.46. The van der Waals surface area contributed by atoms with E-state index in [0.717, 1.165) is 10.6 Å². The Balaban J connectivity index is 1.81. The van der Waals surface area contributed by atoms with Gasteiger partial charge in [0.05, 0.1) is 31.2 Å². The van der Waals surface area contributed by atoms with E-state index >= 15 is 0 Å². The number of hydrogen-bond acceptors (Lipinski definition) is 4. The fourth-order valence-corrected chi connectivity index (χ4v) is 4.64. The van der Waals surface area contributed by atoms with Crippen molar-refractivity contribution in [3.63, 3.8) is 0 Å². The number of fused-ring (bicyclic) bond motifs is 1. The summed E-state index contributed by atoms with van der Waals surface area (Å²) in [6, 6.07) is 12.3. The highest BCUT2D eigenvalue weighted by Crippen LogP contribution is 2.45. The van der Waals surface area contributed by atoms with Crippen LogP contribution in [0.1, 0.15) is 47.0 Å². The first kappa shape index (κ1) is 25.5. The maximum atomic E-state index is 13.5. The minimum Gasteiger partial charge on any atom is -0.292 e. The number of hydrazine groups is 1. The lowest BCUT2D eigenvalue weighted by Crippen LogP contribution is -2.51. The number of hydrogen-bond donors (Lipinski definition) is 0. The van der Waals surface area contributed by atoms with Gasteiger partial charge in [0.2, 0.25) is 0 Å². The predicted octanol–water partition coefficient (Wildman–Crippen LogP) is 6.80. The van der Waals surface area contributed by atoms with E-state index in [0.29, 0.717) is 10.0 Å². The summed E-state index contributed by atoms with van der Waals surface area (Å²) in [6.45, 7) is 1.22. The second-order valence-corrected chi connectivity index (χ2v) is 9.54. The third kappa shape index (κ3) is 4.53. The molecule has 11 heteroatoms. The molecule has 3 aromatic carbocycles. The molecule has 0 N–H and O–H groups in total. The van der Waals surface area contributed by atoms with Gasteiger partial charge in [-0.05, 0) is 31.2 Å². The number of rotatable bonds is 5. The van der Waals surface area contributed by atoms with Crippen molar-refractivity contribution in [1.29, 1.82) is 0 Å². The highest BCUT2D eigenvalue weighted by atomic mass is 35.5. The van der Waals surface area contributed by atoms with E-state index in [1.54, 1.807) is 24.3 Å². The van der Waals surface area contributed by atoms with E-state index in [1.807, 2.05) is 6.92 Å². The molecule has 0 bridgehead atoms. The molecule has 1 aliphatic rings. The van der Waals surface area contributed by atoms with E-state index in [-0.39, 0.29) is 42.3 Å². The van der Waals surface area contributed by atoms with Crippen LogP contribution >= 0.6 is 58.0 Å². The van der Waals surface area contributed by atoms with Gasteiger partial charge in [0.1, 0.15) is 6.54 Å². The first-order valence-electron chi connectivity index (χ1n) is 9.94. The summed E-state index contributed by atoms with van der Waals surface area (Å²) in [4.78, 5) is 53.3. The standard InChI is InChI=1S/C24H13Cl5N2O4/c1-11-2-4-12(5-3-11)15(32)10-30(22(33)13-6-8-14(25)9-7-13)31-23(34)16-17(24(31)35)19(27)21(29)20(28)18(16)26/h2-9H,10H2,1H3. The Bertz CT molecular complexity index is 1360. The third-order valence-corrected chi connectivity index (χ3v) is 7.37. The van der Waals surface area contributed by atoms with Gasteiger partial charge in [-0.25, -0.2) is 5.01 Å². The lowest BCUT2D eigenvalue weighted by molar-refractivity contribution is 0.00532. The van der Waals surface area contributed by atoms with Crippen molar-refractivity contribution >= 4 is 81.5 Å². The minimum absolute atomic E-state index is 0.0796. The molecule has 3 aromatic rings. The van der Waals surface area contributed by atoms with Gasteiger partial charge in [-0.15, -0.1) is 0 Å². The summed E-state index contributed by atoms with van der Waals surface area (Å²) in [6.07, 6.45) is 0. The minimum atomic E-state index is -0.977. The molecule has 0 spiro atoms. The number of carbonyl (C=O) groups is 4.